The molecule has 15 heteroatoms. The minimum Gasteiger partial charge on any atom is -0.497 e. The van der Waals surface area contributed by atoms with E-state index in [1.807, 2.05) is 77.4 Å². The van der Waals surface area contributed by atoms with Gasteiger partial charge in [-0.2, -0.15) is 5.26 Å². The van der Waals surface area contributed by atoms with Gasteiger partial charge < -0.3 is 33.3 Å². The standard InChI is InChI=1S/C47H52N7O7P/c1-32(2)54(33(3)4)62(58-27-13-26-48)59-29-41-40(28-42(60-41)53-31-51-43-44(49-30-50-45(43)53)52-46(55)34-14-9-7-10-15-34)61-47(35-16-11-8-12-17-35,36-18-22-38(56-5)23-19-36)37-20-24-39(57-6)25-21-37/h7-12,14-25,30-33,40-42H,13,27-29H2,1-6H3,(H,49,50,52,55)/t40-,41-,42-,62?/m1/s1. The molecular formula is C47H52N7O7P. The molecule has 0 radical (unpaired) electrons. The van der Waals surface area contributed by atoms with Gasteiger partial charge in [-0.3, -0.25) is 9.36 Å². The van der Waals surface area contributed by atoms with Crippen LogP contribution in [0.1, 0.15) is 73.8 Å². The molecule has 1 aliphatic rings. The number of ether oxygens (including phenoxy) is 4. The zero-order valence-electron chi connectivity index (χ0n) is 35.8. The SMILES string of the molecule is COc1ccc(C(O[C@@H]2C[C@H](n3cnc4c(NC(=O)c5ccccc5)ncnc43)O[C@@H]2COP(OCCC#N)N(C(C)C)C(C)C)(c2ccccc2)c2ccc(OC)cc2)cc1. The Morgan fingerprint density at radius 1 is 0.855 bits per heavy atom. The number of hydrogen-bond acceptors (Lipinski definition) is 12. The number of fused-ring (bicyclic) bond motifs is 1. The molecule has 7 rings (SSSR count). The number of amides is 1. The molecule has 4 aromatic carbocycles. The third-order valence-electron chi connectivity index (χ3n) is 10.6. The third kappa shape index (κ3) is 9.64. The normalized spacial score (nSPS) is 17.1. The van der Waals surface area contributed by atoms with Crippen molar-refractivity contribution >= 4 is 31.4 Å². The van der Waals surface area contributed by atoms with Crippen LogP contribution >= 0.6 is 8.53 Å². The smallest absolute Gasteiger partial charge is 0.259 e. The Hall–Kier alpha value is -5.78. The van der Waals surface area contributed by atoms with Gasteiger partial charge in [-0.25, -0.2) is 19.6 Å². The van der Waals surface area contributed by atoms with E-state index in [0.29, 0.717) is 34.6 Å². The molecule has 1 amide bonds. The second kappa shape index (κ2) is 20.4. The molecule has 3 heterocycles. The summed E-state index contributed by atoms with van der Waals surface area (Å²) in [7, 11) is 1.68. The van der Waals surface area contributed by atoms with Gasteiger partial charge in [-0.1, -0.05) is 72.8 Å². The maximum Gasteiger partial charge on any atom is 0.259 e. The lowest BCUT2D eigenvalue weighted by Gasteiger charge is -2.40. The van der Waals surface area contributed by atoms with Gasteiger partial charge in [-0.15, -0.1) is 0 Å². The zero-order valence-corrected chi connectivity index (χ0v) is 36.6. The molecule has 62 heavy (non-hydrogen) atoms. The van der Waals surface area contributed by atoms with Crippen LogP contribution in [0.5, 0.6) is 11.5 Å². The first kappa shape index (κ1) is 44.3. The summed E-state index contributed by atoms with van der Waals surface area (Å²) in [4.78, 5) is 26.9. The van der Waals surface area contributed by atoms with Crippen LogP contribution in [0.2, 0.25) is 0 Å². The summed E-state index contributed by atoms with van der Waals surface area (Å²) in [5.74, 6) is 1.37. The Balaban J connectivity index is 1.31. The van der Waals surface area contributed by atoms with Crippen molar-refractivity contribution in [3.63, 3.8) is 0 Å². The number of benzene rings is 4. The van der Waals surface area contributed by atoms with Crippen LogP contribution in [0.3, 0.4) is 0 Å². The van der Waals surface area contributed by atoms with Gasteiger partial charge in [-0.05, 0) is 80.8 Å². The Morgan fingerprint density at radius 2 is 1.45 bits per heavy atom. The van der Waals surface area contributed by atoms with E-state index in [1.165, 1.54) is 6.33 Å². The largest absolute Gasteiger partial charge is 0.497 e. The molecule has 2 aromatic heterocycles. The van der Waals surface area contributed by atoms with Crippen LogP contribution in [-0.4, -0.2) is 81.8 Å². The molecule has 4 atom stereocenters. The van der Waals surface area contributed by atoms with Crippen molar-refractivity contribution in [2.75, 3.05) is 32.8 Å². The number of carbonyl (C=O) groups is 1. The van der Waals surface area contributed by atoms with Crippen LogP contribution in [0.15, 0.2) is 122 Å². The lowest BCUT2D eigenvalue weighted by molar-refractivity contribution is -0.0968. The number of rotatable bonds is 19. The molecule has 1 saturated heterocycles. The summed E-state index contributed by atoms with van der Waals surface area (Å²) in [6.45, 7) is 8.72. The van der Waals surface area contributed by atoms with Gasteiger partial charge in [0.1, 0.15) is 35.8 Å². The van der Waals surface area contributed by atoms with Gasteiger partial charge >= 0.3 is 0 Å². The van der Waals surface area contributed by atoms with Crippen molar-refractivity contribution in [1.82, 2.24) is 24.2 Å². The monoisotopic (exact) mass is 857 g/mol. The van der Waals surface area contributed by atoms with Crippen LogP contribution in [0.4, 0.5) is 5.82 Å². The van der Waals surface area contributed by atoms with Crippen LogP contribution in [0.25, 0.3) is 11.2 Å². The average molecular weight is 858 g/mol. The number of anilines is 1. The molecule has 1 unspecified atom stereocenters. The Bertz CT molecular complexity index is 2360. The van der Waals surface area contributed by atoms with Gasteiger partial charge in [0.05, 0.1) is 52.4 Å². The molecule has 0 aliphatic carbocycles. The van der Waals surface area contributed by atoms with E-state index in [1.54, 1.807) is 44.8 Å². The van der Waals surface area contributed by atoms with Crippen molar-refractivity contribution in [1.29, 1.82) is 5.26 Å². The third-order valence-corrected chi connectivity index (χ3v) is 12.7. The first-order chi connectivity index (χ1) is 30.2. The van der Waals surface area contributed by atoms with Gasteiger partial charge in [0.25, 0.3) is 14.4 Å². The number of imidazole rings is 1. The number of nitrogens with one attached hydrogen (secondary N) is 1. The van der Waals surface area contributed by atoms with Crippen LogP contribution < -0.4 is 14.8 Å². The number of nitriles is 1. The van der Waals surface area contributed by atoms with Crippen molar-refractivity contribution in [3.05, 3.63) is 144 Å². The maximum absolute atomic E-state index is 13.2. The van der Waals surface area contributed by atoms with E-state index in [2.05, 4.69) is 70.8 Å². The van der Waals surface area contributed by atoms with E-state index in [9.17, 15) is 10.1 Å². The fraction of sp³-hybridized carbons (Fsp3) is 0.340. The number of methoxy groups -OCH3 is 2. The molecule has 0 bridgehead atoms. The number of carbonyl (C=O) groups excluding carboxylic acids is 1. The number of hydrogen-bond donors (Lipinski definition) is 1. The summed E-state index contributed by atoms with van der Waals surface area (Å²) in [5, 5.41) is 12.3. The minimum absolute atomic E-state index is 0.0944. The van der Waals surface area contributed by atoms with E-state index in [4.69, 9.17) is 28.0 Å². The Labute approximate surface area is 363 Å². The van der Waals surface area contributed by atoms with Crippen molar-refractivity contribution in [2.24, 2.45) is 0 Å². The maximum atomic E-state index is 13.2. The summed E-state index contributed by atoms with van der Waals surface area (Å²) in [6.07, 6.45) is 1.79. The van der Waals surface area contributed by atoms with Gasteiger partial charge in [0.15, 0.2) is 17.0 Å². The lowest BCUT2D eigenvalue weighted by Crippen LogP contribution is -2.41. The van der Waals surface area contributed by atoms with Crippen molar-refractivity contribution in [2.45, 2.75) is 76.7 Å². The van der Waals surface area contributed by atoms with E-state index >= 15 is 0 Å². The predicted molar refractivity (Wildman–Crippen MR) is 237 cm³/mol. The lowest BCUT2D eigenvalue weighted by atomic mass is 9.79. The molecule has 1 N–H and O–H groups in total. The second-order valence-electron chi connectivity index (χ2n) is 15.2. The first-order valence-electron chi connectivity index (χ1n) is 20.6. The molecule has 1 aliphatic heterocycles. The zero-order chi connectivity index (χ0) is 43.6. The molecule has 14 nitrogen and oxygen atoms in total. The van der Waals surface area contributed by atoms with Crippen molar-refractivity contribution < 1.29 is 32.8 Å². The fourth-order valence-corrected chi connectivity index (χ4v) is 9.39. The Morgan fingerprint density at radius 3 is 2.03 bits per heavy atom. The summed E-state index contributed by atoms with van der Waals surface area (Å²) in [6, 6.07) is 37.2. The molecule has 0 saturated carbocycles. The second-order valence-corrected chi connectivity index (χ2v) is 16.7. The molecule has 6 aromatic rings. The number of nitrogens with zero attached hydrogens (tertiary/aromatic N) is 6. The fourth-order valence-electron chi connectivity index (χ4n) is 7.77. The van der Waals surface area contributed by atoms with E-state index < -0.39 is 32.6 Å². The highest BCUT2D eigenvalue weighted by Gasteiger charge is 2.47. The average Bonchev–Trinajstić information content (AvgIpc) is 3.92. The molecule has 322 valence electrons. The molecule has 1 fully saturated rings. The quantitative estimate of drug-likeness (QED) is 0.0469. The highest BCUT2D eigenvalue weighted by atomic mass is 31.2. The van der Waals surface area contributed by atoms with E-state index in [-0.39, 0.29) is 43.4 Å². The van der Waals surface area contributed by atoms with Crippen LogP contribution in [0, 0.1) is 11.3 Å². The number of aromatic nitrogens is 4. The summed E-state index contributed by atoms with van der Waals surface area (Å²) < 4.78 is 42.9. The molecule has 0 spiro atoms. The topological polar surface area (TPSA) is 155 Å². The van der Waals surface area contributed by atoms with Crippen molar-refractivity contribution in [3.8, 4) is 17.6 Å². The predicted octanol–water partition coefficient (Wildman–Crippen LogP) is 9.05. The Kier molecular flexibility index (Phi) is 14.6. The highest BCUT2D eigenvalue weighted by Crippen LogP contribution is 2.49. The highest BCUT2D eigenvalue weighted by molar-refractivity contribution is 7.44. The summed E-state index contributed by atoms with van der Waals surface area (Å²) in [5.41, 5.74) is 2.83. The van der Waals surface area contributed by atoms with Gasteiger partial charge in [0, 0.05) is 24.1 Å². The van der Waals surface area contributed by atoms with Gasteiger partial charge in [0.2, 0.25) is 0 Å². The minimum atomic E-state index is -1.61. The first-order valence-corrected chi connectivity index (χ1v) is 21.7. The summed E-state index contributed by atoms with van der Waals surface area (Å²) >= 11 is 0. The van der Waals surface area contributed by atoms with Crippen LogP contribution in [-0.2, 0) is 24.1 Å². The van der Waals surface area contributed by atoms with E-state index in [0.717, 1.165) is 16.7 Å². The molecular weight excluding hydrogens is 806 g/mol.